The normalized spacial score (nSPS) is 23.9. The Hall–Kier alpha value is -2.75. The largest absolute Gasteiger partial charge is 0.481 e. The van der Waals surface area contributed by atoms with E-state index in [2.05, 4.69) is 10.3 Å². The minimum atomic E-state index is -1.08. The molecule has 37 heavy (non-hydrogen) atoms. The Balaban J connectivity index is 1.17. The molecule has 10 heteroatoms. The molecule has 2 atom stereocenters. The molecule has 1 saturated carbocycles. The molecule has 2 heterocycles. The van der Waals surface area contributed by atoms with Gasteiger partial charge in [-0.25, -0.2) is 9.37 Å². The van der Waals surface area contributed by atoms with Crippen LogP contribution in [0, 0.1) is 5.92 Å². The van der Waals surface area contributed by atoms with Crippen molar-refractivity contribution in [2.24, 2.45) is 5.92 Å². The Bertz CT molecular complexity index is 1250. The van der Waals surface area contributed by atoms with Crippen LogP contribution < -0.4 is 5.32 Å². The second-order valence-electron chi connectivity index (χ2n) is 9.78. The van der Waals surface area contributed by atoms with E-state index in [0.29, 0.717) is 36.4 Å². The molecule has 1 aromatic heterocycles. The van der Waals surface area contributed by atoms with E-state index in [1.165, 1.54) is 11.3 Å². The molecule has 1 aliphatic carbocycles. The summed E-state index contributed by atoms with van der Waals surface area (Å²) in [4.78, 5) is 30.4. The summed E-state index contributed by atoms with van der Waals surface area (Å²) in [6.45, 7) is 0.323. The molecular weight excluding hydrogens is 517 g/mol. The van der Waals surface area contributed by atoms with Gasteiger partial charge in [0.1, 0.15) is 6.17 Å². The molecule has 1 aliphatic heterocycles. The van der Waals surface area contributed by atoms with Crippen LogP contribution >= 0.6 is 22.9 Å². The number of aliphatic carboxylic acids is 1. The number of ether oxygens (including phenoxy) is 1. The number of benzene rings is 2. The average Bonchev–Trinajstić information content (AvgIpc) is 3.47. The molecule has 2 fully saturated rings. The SMILES string of the molecule is O=C(Cc1ccc(Nc2nc3ccccc3s2)c(Cl)c1)N1C[C@@H](F)C[C@H]1CO[C@H]1CC[C@H](C(=O)O)CC1. The fourth-order valence-corrected chi connectivity index (χ4v) is 6.26. The topological polar surface area (TPSA) is 91.8 Å². The van der Waals surface area contributed by atoms with E-state index < -0.39 is 12.1 Å². The number of rotatable bonds is 8. The number of likely N-dealkylation sites (tertiary alicyclic amines) is 1. The molecule has 0 radical (unpaired) electrons. The van der Waals surface area contributed by atoms with E-state index >= 15 is 0 Å². The van der Waals surface area contributed by atoms with Crippen molar-refractivity contribution >= 4 is 55.8 Å². The first-order valence-electron chi connectivity index (χ1n) is 12.5. The first kappa shape index (κ1) is 25.9. The number of halogens is 2. The van der Waals surface area contributed by atoms with E-state index in [0.717, 1.165) is 20.9 Å². The van der Waals surface area contributed by atoms with Gasteiger partial charge in [0.25, 0.3) is 0 Å². The summed E-state index contributed by atoms with van der Waals surface area (Å²) in [5.74, 6) is -1.23. The number of nitrogens with one attached hydrogen (secondary N) is 1. The Labute approximate surface area is 223 Å². The molecule has 0 unspecified atom stereocenters. The number of para-hydroxylation sites is 1. The lowest BCUT2D eigenvalue weighted by atomic mass is 9.87. The fraction of sp³-hybridized carbons (Fsp3) is 0.444. The third-order valence-electron chi connectivity index (χ3n) is 7.16. The molecule has 7 nitrogen and oxygen atoms in total. The first-order valence-corrected chi connectivity index (χ1v) is 13.7. The number of hydrogen-bond donors (Lipinski definition) is 2. The van der Waals surface area contributed by atoms with Gasteiger partial charge in [0.2, 0.25) is 5.91 Å². The van der Waals surface area contributed by atoms with Crippen molar-refractivity contribution in [3.8, 4) is 0 Å². The highest BCUT2D eigenvalue weighted by Crippen LogP contribution is 2.32. The third-order valence-corrected chi connectivity index (χ3v) is 8.42. The maximum absolute atomic E-state index is 14.3. The number of alkyl halides is 1. The summed E-state index contributed by atoms with van der Waals surface area (Å²) in [6.07, 6.45) is 1.77. The smallest absolute Gasteiger partial charge is 0.306 e. The Morgan fingerprint density at radius 3 is 2.70 bits per heavy atom. The van der Waals surface area contributed by atoms with Crippen molar-refractivity contribution in [1.82, 2.24) is 9.88 Å². The number of amides is 1. The predicted octanol–water partition coefficient (Wildman–Crippen LogP) is 5.83. The molecule has 3 aromatic rings. The number of aromatic nitrogens is 1. The molecule has 5 rings (SSSR count). The number of fused-ring (bicyclic) bond motifs is 1. The van der Waals surface area contributed by atoms with Gasteiger partial charge in [-0.15, -0.1) is 0 Å². The molecule has 2 aromatic carbocycles. The van der Waals surface area contributed by atoms with Crippen molar-refractivity contribution in [1.29, 1.82) is 0 Å². The summed E-state index contributed by atoms with van der Waals surface area (Å²) in [5.41, 5.74) is 2.36. The maximum Gasteiger partial charge on any atom is 0.306 e. The van der Waals surface area contributed by atoms with E-state index in [-0.39, 0.29) is 50.0 Å². The fourth-order valence-electron chi connectivity index (χ4n) is 5.13. The second-order valence-corrected chi connectivity index (χ2v) is 11.2. The van der Waals surface area contributed by atoms with Crippen LogP contribution in [0.25, 0.3) is 10.2 Å². The third kappa shape index (κ3) is 6.22. The van der Waals surface area contributed by atoms with Gasteiger partial charge < -0.3 is 20.1 Å². The molecule has 196 valence electrons. The van der Waals surface area contributed by atoms with Crippen LogP contribution in [0.1, 0.15) is 37.7 Å². The summed E-state index contributed by atoms with van der Waals surface area (Å²) < 4.78 is 21.4. The van der Waals surface area contributed by atoms with Gasteiger partial charge in [0.15, 0.2) is 5.13 Å². The number of nitrogens with zero attached hydrogens (tertiary/aromatic N) is 2. The second kappa shape index (κ2) is 11.3. The Kier molecular flexibility index (Phi) is 7.92. The average molecular weight is 546 g/mol. The minimum absolute atomic E-state index is 0.0412. The van der Waals surface area contributed by atoms with E-state index in [4.69, 9.17) is 21.4 Å². The van der Waals surface area contributed by atoms with Gasteiger partial charge in [-0.05, 0) is 55.5 Å². The van der Waals surface area contributed by atoms with Crippen LogP contribution in [0.2, 0.25) is 5.02 Å². The monoisotopic (exact) mass is 545 g/mol. The van der Waals surface area contributed by atoms with Crippen molar-refractivity contribution in [3.63, 3.8) is 0 Å². The van der Waals surface area contributed by atoms with E-state index in [9.17, 15) is 14.0 Å². The van der Waals surface area contributed by atoms with Crippen LogP contribution in [0.4, 0.5) is 15.2 Å². The van der Waals surface area contributed by atoms with Gasteiger partial charge >= 0.3 is 5.97 Å². The number of hydrogen-bond acceptors (Lipinski definition) is 6. The highest BCUT2D eigenvalue weighted by molar-refractivity contribution is 7.22. The van der Waals surface area contributed by atoms with Crippen molar-refractivity contribution in [2.75, 3.05) is 18.5 Å². The van der Waals surface area contributed by atoms with Crippen LogP contribution in [0.3, 0.4) is 0 Å². The van der Waals surface area contributed by atoms with Crippen LogP contribution in [-0.4, -0.2) is 58.3 Å². The van der Waals surface area contributed by atoms with Gasteiger partial charge in [-0.2, -0.15) is 0 Å². The molecule has 0 spiro atoms. The molecule has 2 aliphatic rings. The molecule has 1 amide bonds. The van der Waals surface area contributed by atoms with Crippen molar-refractivity contribution < 1.29 is 23.8 Å². The predicted molar refractivity (Wildman–Crippen MR) is 142 cm³/mol. The van der Waals surface area contributed by atoms with Gasteiger partial charge in [0, 0.05) is 6.42 Å². The first-order chi connectivity index (χ1) is 17.9. The molecule has 1 saturated heterocycles. The van der Waals surface area contributed by atoms with Gasteiger partial charge in [-0.3, -0.25) is 9.59 Å². The zero-order valence-corrected chi connectivity index (χ0v) is 21.8. The molecular formula is C27H29ClFN3O4S. The summed E-state index contributed by atoms with van der Waals surface area (Å²) in [6, 6.07) is 13.0. The number of anilines is 2. The highest BCUT2D eigenvalue weighted by Gasteiger charge is 2.36. The van der Waals surface area contributed by atoms with E-state index in [1.807, 2.05) is 36.4 Å². The number of carboxylic acid groups (broad SMARTS) is 1. The lowest BCUT2D eigenvalue weighted by Crippen LogP contribution is -2.40. The summed E-state index contributed by atoms with van der Waals surface area (Å²) >= 11 is 8.05. The highest BCUT2D eigenvalue weighted by atomic mass is 35.5. The quantitative estimate of drug-likeness (QED) is 0.370. The molecule has 0 bridgehead atoms. The van der Waals surface area contributed by atoms with Crippen molar-refractivity contribution in [2.45, 2.75) is 56.8 Å². The zero-order valence-electron chi connectivity index (χ0n) is 20.2. The van der Waals surface area contributed by atoms with Gasteiger partial charge in [0.05, 0.1) is 58.6 Å². The molecule has 2 N–H and O–H groups in total. The minimum Gasteiger partial charge on any atom is -0.481 e. The van der Waals surface area contributed by atoms with Crippen LogP contribution in [0.5, 0.6) is 0 Å². The summed E-state index contributed by atoms with van der Waals surface area (Å²) in [7, 11) is 0. The number of carbonyl (C=O) groups is 2. The number of carboxylic acids is 1. The van der Waals surface area contributed by atoms with E-state index in [1.54, 1.807) is 11.0 Å². The lowest BCUT2D eigenvalue weighted by molar-refractivity contribution is -0.144. The maximum atomic E-state index is 14.3. The summed E-state index contributed by atoms with van der Waals surface area (Å²) in [5, 5.41) is 13.6. The van der Waals surface area contributed by atoms with Gasteiger partial charge in [-0.1, -0.05) is 41.1 Å². The Morgan fingerprint density at radius 2 is 1.97 bits per heavy atom. The van der Waals surface area contributed by atoms with Crippen LogP contribution in [-0.2, 0) is 20.7 Å². The number of carbonyl (C=O) groups excluding carboxylic acids is 1. The van der Waals surface area contributed by atoms with Crippen molar-refractivity contribution in [3.05, 3.63) is 53.1 Å². The lowest BCUT2D eigenvalue weighted by Gasteiger charge is -2.29. The Morgan fingerprint density at radius 1 is 1.19 bits per heavy atom. The standard InChI is InChI=1S/C27H29ClFN3O4S/c28-21-11-16(5-10-22(21)30-27-31-23-3-1-2-4-24(23)37-27)12-25(33)32-14-18(29)13-19(32)15-36-20-8-6-17(7-9-20)26(34)35/h1-5,10-11,17-20H,6-9,12-15H2,(H,30,31)(H,34,35)/t17-,18-,19-,20-/m0/s1. The van der Waals surface area contributed by atoms with Crippen LogP contribution in [0.15, 0.2) is 42.5 Å². The zero-order chi connectivity index (χ0) is 25.9. The number of thiazole rings is 1.